The highest BCUT2D eigenvalue weighted by atomic mass is 35.5. The van der Waals surface area contributed by atoms with E-state index in [1.165, 1.54) is 18.2 Å². The number of hydrogen-bond donors (Lipinski definition) is 1. The lowest BCUT2D eigenvalue weighted by Crippen LogP contribution is -2.11. The van der Waals surface area contributed by atoms with Crippen molar-refractivity contribution in [3.63, 3.8) is 0 Å². The van der Waals surface area contributed by atoms with Crippen LogP contribution in [0.4, 0.5) is 4.39 Å². The molecule has 0 unspecified atom stereocenters. The Balaban J connectivity index is 2.43. The molecule has 3 nitrogen and oxygen atoms in total. The molecule has 0 atom stereocenters. The molecule has 0 saturated carbocycles. The number of rotatable bonds is 5. The zero-order valence-corrected chi connectivity index (χ0v) is 12.2. The number of benzene rings is 2. The molecule has 0 bridgehead atoms. The Hall–Kier alpha value is -2.27. The Morgan fingerprint density at radius 1 is 1.32 bits per heavy atom. The molecule has 0 aromatic heterocycles. The van der Waals surface area contributed by atoms with Crippen LogP contribution in [0.2, 0.25) is 5.02 Å². The van der Waals surface area contributed by atoms with Crippen LogP contribution >= 0.6 is 11.6 Å². The second kappa shape index (κ2) is 6.66. The first-order valence-corrected chi connectivity index (χ1v) is 6.64. The van der Waals surface area contributed by atoms with E-state index in [4.69, 9.17) is 29.3 Å². The van der Waals surface area contributed by atoms with Gasteiger partial charge in [-0.2, -0.15) is 0 Å². The number of carbonyl (C=O) groups is 1. The summed E-state index contributed by atoms with van der Waals surface area (Å²) < 4.78 is 18.7. The first kappa shape index (κ1) is 16.1. The maximum atomic E-state index is 13.5. The minimum atomic E-state index is -1.11. The summed E-state index contributed by atoms with van der Waals surface area (Å²) in [5, 5.41) is 9.13. The van der Waals surface area contributed by atoms with Crippen LogP contribution in [0.15, 0.2) is 43.0 Å². The molecule has 1 N–H and O–H groups in total. The molecule has 0 saturated heterocycles. The Morgan fingerprint density at radius 3 is 2.68 bits per heavy atom. The standard InChI is InChI=1S/C16H11BClFO3/c1-9(10-4-11(17)6-13(19)5-10)14-7-12(18)2-3-15(14)22-8-16(20)21/h2-7H,1,8H2,(H,20,21). The van der Waals surface area contributed by atoms with Gasteiger partial charge in [-0.05, 0) is 41.5 Å². The highest BCUT2D eigenvalue weighted by Crippen LogP contribution is 2.32. The van der Waals surface area contributed by atoms with Crippen molar-refractivity contribution in [2.45, 2.75) is 0 Å². The average molecular weight is 317 g/mol. The first-order valence-electron chi connectivity index (χ1n) is 6.26. The minimum Gasteiger partial charge on any atom is -0.481 e. The Morgan fingerprint density at radius 2 is 2.05 bits per heavy atom. The monoisotopic (exact) mass is 316 g/mol. The van der Waals surface area contributed by atoms with Crippen molar-refractivity contribution < 1.29 is 19.0 Å². The van der Waals surface area contributed by atoms with Gasteiger partial charge in [0.15, 0.2) is 6.61 Å². The molecule has 6 heteroatoms. The van der Waals surface area contributed by atoms with Gasteiger partial charge in [0, 0.05) is 10.6 Å². The van der Waals surface area contributed by atoms with Crippen LogP contribution in [0.3, 0.4) is 0 Å². The molecule has 2 rings (SSSR count). The van der Waals surface area contributed by atoms with Gasteiger partial charge in [0.2, 0.25) is 0 Å². The largest absolute Gasteiger partial charge is 0.481 e. The number of halogens is 2. The van der Waals surface area contributed by atoms with Gasteiger partial charge in [0.05, 0.1) is 0 Å². The van der Waals surface area contributed by atoms with Crippen molar-refractivity contribution in [2.24, 2.45) is 0 Å². The van der Waals surface area contributed by atoms with E-state index in [-0.39, 0.29) is 5.46 Å². The predicted molar refractivity (Wildman–Crippen MR) is 84.5 cm³/mol. The van der Waals surface area contributed by atoms with Gasteiger partial charge in [-0.1, -0.05) is 29.7 Å². The maximum absolute atomic E-state index is 13.5. The summed E-state index contributed by atoms with van der Waals surface area (Å²) in [6, 6.07) is 8.70. The molecule has 0 fully saturated rings. The van der Waals surface area contributed by atoms with E-state index in [1.807, 2.05) is 0 Å². The van der Waals surface area contributed by atoms with Crippen molar-refractivity contribution in [1.82, 2.24) is 0 Å². The maximum Gasteiger partial charge on any atom is 0.341 e. The highest BCUT2D eigenvalue weighted by molar-refractivity contribution is 6.32. The summed E-state index contributed by atoms with van der Waals surface area (Å²) in [7, 11) is 5.63. The van der Waals surface area contributed by atoms with E-state index in [9.17, 15) is 9.18 Å². The van der Waals surface area contributed by atoms with Crippen LogP contribution in [0, 0.1) is 5.82 Å². The van der Waals surface area contributed by atoms with Gasteiger partial charge < -0.3 is 9.84 Å². The van der Waals surface area contributed by atoms with E-state index < -0.39 is 18.4 Å². The molecular weight excluding hydrogens is 305 g/mol. The number of hydrogen-bond acceptors (Lipinski definition) is 2. The fourth-order valence-electron chi connectivity index (χ4n) is 1.95. The fraction of sp³-hybridized carbons (Fsp3) is 0.0625. The quantitative estimate of drug-likeness (QED) is 0.863. The number of ether oxygens (including phenoxy) is 1. The van der Waals surface area contributed by atoms with Gasteiger partial charge in [0.25, 0.3) is 0 Å². The molecule has 22 heavy (non-hydrogen) atoms. The van der Waals surface area contributed by atoms with E-state index in [1.54, 1.807) is 18.2 Å². The van der Waals surface area contributed by atoms with Gasteiger partial charge in [-0.25, -0.2) is 9.18 Å². The lowest BCUT2D eigenvalue weighted by Gasteiger charge is -2.14. The van der Waals surface area contributed by atoms with E-state index in [2.05, 4.69) is 6.58 Å². The Labute approximate surface area is 133 Å². The zero-order chi connectivity index (χ0) is 16.3. The summed E-state index contributed by atoms with van der Waals surface area (Å²) in [6.07, 6.45) is 0. The third-order valence-electron chi connectivity index (χ3n) is 2.89. The van der Waals surface area contributed by atoms with Crippen LogP contribution in [-0.2, 0) is 4.79 Å². The highest BCUT2D eigenvalue weighted by Gasteiger charge is 2.12. The van der Waals surface area contributed by atoms with Crippen molar-refractivity contribution in [3.05, 3.63) is 64.9 Å². The molecule has 0 spiro atoms. The van der Waals surface area contributed by atoms with E-state index in [0.717, 1.165) is 0 Å². The van der Waals surface area contributed by atoms with E-state index >= 15 is 0 Å². The van der Waals surface area contributed by atoms with E-state index in [0.29, 0.717) is 27.5 Å². The van der Waals surface area contributed by atoms with Crippen LogP contribution in [0.1, 0.15) is 11.1 Å². The van der Waals surface area contributed by atoms with Crippen LogP contribution < -0.4 is 10.2 Å². The number of carboxylic acids is 1. The molecule has 0 amide bonds. The molecule has 2 aromatic carbocycles. The molecule has 2 radical (unpaired) electrons. The number of aliphatic carboxylic acids is 1. The average Bonchev–Trinajstić information content (AvgIpc) is 2.44. The predicted octanol–water partition coefficient (Wildman–Crippen LogP) is 2.80. The summed E-state index contributed by atoms with van der Waals surface area (Å²) >= 11 is 5.96. The molecule has 0 heterocycles. The summed E-state index contributed by atoms with van der Waals surface area (Å²) in [5.74, 6) is -1.31. The third-order valence-corrected chi connectivity index (χ3v) is 3.12. The minimum absolute atomic E-state index is 0.256. The fourth-order valence-corrected chi connectivity index (χ4v) is 2.12. The van der Waals surface area contributed by atoms with Crippen LogP contribution in [0.25, 0.3) is 5.57 Å². The van der Waals surface area contributed by atoms with Gasteiger partial charge in [0.1, 0.15) is 19.4 Å². The molecule has 0 aliphatic carbocycles. The Bertz CT molecular complexity index is 726. The van der Waals surface area contributed by atoms with Crippen LogP contribution in [0.5, 0.6) is 5.75 Å². The molecule has 2 aromatic rings. The van der Waals surface area contributed by atoms with Crippen molar-refractivity contribution in [1.29, 1.82) is 0 Å². The topological polar surface area (TPSA) is 46.5 Å². The van der Waals surface area contributed by atoms with Crippen molar-refractivity contribution >= 4 is 36.5 Å². The smallest absolute Gasteiger partial charge is 0.341 e. The van der Waals surface area contributed by atoms with Gasteiger partial charge in [-0.3, -0.25) is 0 Å². The SMILES string of the molecule is [B]c1cc(F)cc(C(=C)c2cc(Cl)ccc2OCC(=O)O)c1. The molecule has 110 valence electrons. The first-order chi connectivity index (χ1) is 10.4. The lowest BCUT2D eigenvalue weighted by molar-refractivity contribution is -0.139. The van der Waals surface area contributed by atoms with Crippen molar-refractivity contribution in [2.75, 3.05) is 6.61 Å². The summed E-state index contributed by atoms with van der Waals surface area (Å²) in [5.41, 5.74) is 1.61. The van der Waals surface area contributed by atoms with Gasteiger partial charge >= 0.3 is 5.97 Å². The van der Waals surface area contributed by atoms with Crippen LogP contribution in [-0.4, -0.2) is 25.5 Å². The number of carboxylic acid groups (broad SMARTS) is 1. The van der Waals surface area contributed by atoms with Crippen molar-refractivity contribution in [3.8, 4) is 5.75 Å². The summed E-state index contributed by atoms with van der Waals surface area (Å²) in [4.78, 5) is 10.6. The summed E-state index contributed by atoms with van der Waals surface area (Å²) in [6.45, 7) is 3.39. The Kier molecular flexibility index (Phi) is 4.88. The zero-order valence-electron chi connectivity index (χ0n) is 11.5. The van der Waals surface area contributed by atoms with Gasteiger partial charge in [-0.15, -0.1) is 0 Å². The molecular formula is C16H11BClFO3. The molecule has 0 aliphatic rings. The molecule has 0 aliphatic heterocycles. The lowest BCUT2D eigenvalue weighted by atomic mass is 9.90. The second-order valence-electron chi connectivity index (χ2n) is 4.57. The normalized spacial score (nSPS) is 10.3. The third kappa shape index (κ3) is 3.89. The second-order valence-corrected chi connectivity index (χ2v) is 5.01.